The largest absolute Gasteiger partial charge is 0.382 e. The van der Waals surface area contributed by atoms with E-state index in [9.17, 15) is 0 Å². The van der Waals surface area contributed by atoms with Crippen LogP contribution < -0.4 is 5.73 Å². The van der Waals surface area contributed by atoms with Crippen LogP contribution >= 0.6 is 23.2 Å². The van der Waals surface area contributed by atoms with E-state index in [0.717, 1.165) is 12.1 Å². The van der Waals surface area contributed by atoms with Gasteiger partial charge in [-0.25, -0.2) is 4.98 Å². The lowest BCUT2D eigenvalue weighted by atomic mass is 10.1. The summed E-state index contributed by atoms with van der Waals surface area (Å²) in [5.74, 6) is 0.493. The topological polar surface area (TPSA) is 51.8 Å². The smallest absolute Gasteiger partial charge is 0.224 e. The van der Waals surface area contributed by atoms with Gasteiger partial charge in [-0.3, -0.25) is 0 Å². The Kier molecular flexibility index (Phi) is 3.33. The molecule has 0 radical (unpaired) electrons. The van der Waals surface area contributed by atoms with Crippen molar-refractivity contribution in [1.82, 2.24) is 9.97 Å². The maximum Gasteiger partial charge on any atom is 0.224 e. The van der Waals surface area contributed by atoms with Crippen LogP contribution in [0.3, 0.4) is 0 Å². The predicted octanol–water partition coefficient (Wildman–Crippen LogP) is 2.88. The van der Waals surface area contributed by atoms with Gasteiger partial charge in [-0.05, 0) is 23.9 Å². The van der Waals surface area contributed by atoms with Crippen molar-refractivity contribution in [3.8, 4) is 0 Å². The number of rotatable bonds is 2. The number of anilines is 1. The first-order valence-corrected chi connectivity index (χ1v) is 4.80. The Hall–Kier alpha value is -0.540. The lowest BCUT2D eigenvalue weighted by molar-refractivity contribution is 0.705. The fourth-order valence-corrected chi connectivity index (χ4v) is 1.43. The Balaban J connectivity index is 3.20. The van der Waals surface area contributed by atoms with Gasteiger partial charge in [0.05, 0.1) is 5.69 Å². The summed E-state index contributed by atoms with van der Waals surface area (Å²) in [7, 11) is 0. The summed E-state index contributed by atoms with van der Waals surface area (Å²) in [6, 6.07) is 0. The molecule has 0 spiro atoms. The highest BCUT2D eigenvalue weighted by Gasteiger charge is 2.14. The highest BCUT2D eigenvalue weighted by molar-refractivity contribution is 6.34. The van der Waals surface area contributed by atoms with Crippen molar-refractivity contribution in [2.24, 2.45) is 0 Å². The minimum absolute atomic E-state index is 0.150. The SMILES string of the molecule is CCC(C)c1nc(Cl)nc(N)c1Cl. The zero-order valence-corrected chi connectivity index (χ0v) is 9.02. The van der Waals surface area contributed by atoms with Crippen LogP contribution in [0.2, 0.25) is 10.3 Å². The summed E-state index contributed by atoms with van der Waals surface area (Å²) < 4.78 is 0. The molecule has 72 valence electrons. The second-order valence-electron chi connectivity index (χ2n) is 2.89. The van der Waals surface area contributed by atoms with E-state index in [1.807, 2.05) is 13.8 Å². The fourth-order valence-electron chi connectivity index (χ4n) is 0.973. The number of hydrogen-bond acceptors (Lipinski definition) is 3. The van der Waals surface area contributed by atoms with Gasteiger partial charge in [0.25, 0.3) is 0 Å². The van der Waals surface area contributed by atoms with Gasteiger partial charge in [-0.1, -0.05) is 25.4 Å². The van der Waals surface area contributed by atoms with Gasteiger partial charge in [0.1, 0.15) is 10.8 Å². The van der Waals surface area contributed by atoms with Crippen LogP contribution in [0.25, 0.3) is 0 Å². The molecule has 0 fully saturated rings. The molecule has 0 amide bonds. The predicted molar refractivity (Wildman–Crippen MR) is 55.2 cm³/mol. The highest BCUT2D eigenvalue weighted by atomic mass is 35.5. The molecule has 1 heterocycles. The molecular weight excluding hydrogens is 209 g/mol. The summed E-state index contributed by atoms with van der Waals surface area (Å²) in [6.45, 7) is 4.07. The van der Waals surface area contributed by atoms with E-state index in [-0.39, 0.29) is 17.0 Å². The maximum atomic E-state index is 5.93. The third kappa shape index (κ3) is 2.23. The van der Waals surface area contributed by atoms with E-state index >= 15 is 0 Å². The van der Waals surface area contributed by atoms with Gasteiger partial charge in [0, 0.05) is 0 Å². The second kappa shape index (κ2) is 4.11. The molecule has 0 aliphatic carbocycles. The monoisotopic (exact) mass is 219 g/mol. The number of nitrogens with two attached hydrogens (primary N) is 1. The molecule has 1 rings (SSSR count). The number of halogens is 2. The Bertz CT molecular complexity index is 315. The van der Waals surface area contributed by atoms with Crippen LogP contribution in [0.4, 0.5) is 5.82 Å². The quantitative estimate of drug-likeness (QED) is 0.779. The molecule has 3 nitrogen and oxygen atoms in total. The normalized spacial score (nSPS) is 12.9. The molecule has 13 heavy (non-hydrogen) atoms. The molecule has 0 saturated heterocycles. The van der Waals surface area contributed by atoms with Crippen molar-refractivity contribution in [2.45, 2.75) is 26.2 Å². The average Bonchev–Trinajstić information content (AvgIpc) is 2.10. The van der Waals surface area contributed by atoms with Gasteiger partial charge < -0.3 is 5.73 Å². The van der Waals surface area contributed by atoms with Crippen molar-refractivity contribution >= 4 is 29.0 Å². The molecule has 0 aromatic carbocycles. The van der Waals surface area contributed by atoms with E-state index in [1.54, 1.807) is 0 Å². The van der Waals surface area contributed by atoms with E-state index in [4.69, 9.17) is 28.9 Å². The molecular formula is C8H11Cl2N3. The lowest BCUT2D eigenvalue weighted by Crippen LogP contribution is -2.03. The van der Waals surface area contributed by atoms with Crippen LogP contribution in [0.15, 0.2) is 0 Å². The summed E-state index contributed by atoms with van der Waals surface area (Å²) in [5.41, 5.74) is 6.27. The average molecular weight is 220 g/mol. The van der Waals surface area contributed by atoms with Crippen LogP contribution in [-0.4, -0.2) is 9.97 Å². The van der Waals surface area contributed by atoms with Crippen molar-refractivity contribution in [3.05, 3.63) is 16.0 Å². The first-order chi connectivity index (χ1) is 6.06. The van der Waals surface area contributed by atoms with Gasteiger partial charge >= 0.3 is 0 Å². The molecule has 0 aliphatic heterocycles. The molecule has 1 aromatic heterocycles. The highest BCUT2D eigenvalue weighted by Crippen LogP contribution is 2.29. The maximum absolute atomic E-state index is 5.93. The standard InChI is InChI=1S/C8H11Cl2N3/c1-3-4(2)6-5(9)7(11)13-8(10)12-6/h4H,3H2,1-2H3,(H2,11,12,13). The number of nitrogen functional groups attached to an aromatic ring is 1. The van der Waals surface area contributed by atoms with E-state index in [2.05, 4.69) is 9.97 Å². The van der Waals surface area contributed by atoms with Gasteiger partial charge in [0.15, 0.2) is 0 Å². The number of nitrogens with zero attached hydrogens (tertiary/aromatic N) is 2. The van der Waals surface area contributed by atoms with Gasteiger partial charge in [-0.15, -0.1) is 0 Å². The molecule has 0 aliphatic rings. The Morgan fingerprint density at radius 1 is 1.38 bits per heavy atom. The molecule has 5 heteroatoms. The Labute approximate surface area is 87.3 Å². The molecule has 0 bridgehead atoms. The third-order valence-corrected chi connectivity index (χ3v) is 2.51. The van der Waals surface area contributed by atoms with Crippen molar-refractivity contribution in [2.75, 3.05) is 5.73 Å². The summed E-state index contributed by atoms with van der Waals surface area (Å²) >= 11 is 11.6. The van der Waals surface area contributed by atoms with Crippen LogP contribution in [0.1, 0.15) is 31.9 Å². The van der Waals surface area contributed by atoms with Crippen molar-refractivity contribution in [1.29, 1.82) is 0 Å². The molecule has 1 aromatic rings. The van der Waals surface area contributed by atoms with Crippen LogP contribution in [0.5, 0.6) is 0 Å². The van der Waals surface area contributed by atoms with Crippen LogP contribution in [-0.2, 0) is 0 Å². The summed E-state index contributed by atoms with van der Waals surface area (Å²) in [4.78, 5) is 7.80. The Morgan fingerprint density at radius 2 is 2.00 bits per heavy atom. The molecule has 0 saturated carbocycles. The second-order valence-corrected chi connectivity index (χ2v) is 3.60. The number of hydrogen-bond donors (Lipinski definition) is 1. The first-order valence-electron chi connectivity index (χ1n) is 4.04. The fraction of sp³-hybridized carbons (Fsp3) is 0.500. The molecule has 1 atom stereocenters. The zero-order valence-electron chi connectivity index (χ0n) is 7.51. The van der Waals surface area contributed by atoms with E-state index < -0.39 is 0 Å². The molecule has 2 N–H and O–H groups in total. The van der Waals surface area contributed by atoms with Gasteiger partial charge in [0.2, 0.25) is 5.28 Å². The minimum Gasteiger partial charge on any atom is -0.382 e. The van der Waals surface area contributed by atoms with Crippen molar-refractivity contribution in [3.63, 3.8) is 0 Å². The van der Waals surface area contributed by atoms with Crippen LogP contribution in [0, 0.1) is 0 Å². The summed E-state index contributed by atoms with van der Waals surface area (Å²) in [6.07, 6.45) is 0.937. The Morgan fingerprint density at radius 3 is 2.54 bits per heavy atom. The third-order valence-electron chi connectivity index (χ3n) is 1.95. The first kappa shape index (κ1) is 10.5. The van der Waals surface area contributed by atoms with E-state index in [1.165, 1.54) is 0 Å². The van der Waals surface area contributed by atoms with Gasteiger partial charge in [-0.2, -0.15) is 4.98 Å². The minimum atomic E-state index is 0.150. The zero-order chi connectivity index (χ0) is 10.0. The lowest BCUT2D eigenvalue weighted by Gasteiger charge is -2.10. The van der Waals surface area contributed by atoms with Crippen molar-refractivity contribution < 1.29 is 0 Å². The van der Waals surface area contributed by atoms with E-state index in [0.29, 0.717) is 5.02 Å². The molecule has 1 unspecified atom stereocenters. The number of aromatic nitrogens is 2. The summed E-state index contributed by atoms with van der Waals surface area (Å²) in [5, 5.41) is 0.566.